The third-order valence-electron chi connectivity index (χ3n) is 4.71. The second kappa shape index (κ2) is 8.37. The maximum absolute atomic E-state index is 12.8. The van der Waals surface area contributed by atoms with Gasteiger partial charge in [0.05, 0.1) is 6.54 Å². The molecule has 1 atom stereocenters. The molecule has 2 N–H and O–H groups in total. The lowest BCUT2D eigenvalue weighted by Gasteiger charge is -2.35. The van der Waals surface area contributed by atoms with Gasteiger partial charge >= 0.3 is 0 Å². The number of carbonyl (C=O) groups is 2. The Balaban J connectivity index is 2.01. The zero-order valence-electron chi connectivity index (χ0n) is 13.2. The number of hydrogen-bond acceptors (Lipinski definition) is 3. The molecule has 2 fully saturated rings. The summed E-state index contributed by atoms with van der Waals surface area (Å²) in [6, 6.07) is -0.316. The second-order valence-electron chi connectivity index (χ2n) is 6.36. The molecular weight excluding hydrogens is 266 g/mol. The van der Waals surface area contributed by atoms with Crippen LogP contribution in [0.5, 0.6) is 0 Å². The van der Waals surface area contributed by atoms with Gasteiger partial charge in [-0.3, -0.25) is 9.59 Å². The van der Waals surface area contributed by atoms with Gasteiger partial charge in [-0.15, -0.1) is 0 Å². The Labute approximate surface area is 127 Å². The zero-order valence-corrected chi connectivity index (χ0v) is 13.2. The van der Waals surface area contributed by atoms with Crippen molar-refractivity contribution >= 4 is 11.8 Å². The molecule has 0 bridgehead atoms. The van der Waals surface area contributed by atoms with Crippen LogP contribution in [0.25, 0.3) is 0 Å². The van der Waals surface area contributed by atoms with Crippen molar-refractivity contribution in [1.29, 1.82) is 0 Å². The van der Waals surface area contributed by atoms with Gasteiger partial charge in [0.2, 0.25) is 11.8 Å². The van der Waals surface area contributed by atoms with Gasteiger partial charge in [-0.05, 0) is 45.1 Å². The number of amides is 2. The van der Waals surface area contributed by atoms with E-state index in [1.807, 2.05) is 4.90 Å². The van der Waals surface area contributed by atoms with E-state index in [2.05, 4.69) is 10.6 Å². The quantitative estimate of drug-likeness (QED) is 0.803. The van der Waals surface area contributed by atoms with E-state index in [9.17, 15) is 9.59 Å². The fourth-order valence-electron chi connectivity index (χ4n) is 3.54. The maximum atomic E-state index is 12.8. The van der Waals surface area contributed by atoms with Crippen molar-refractivity contribution in [3.8, 4) is 0 Å². The highest BCUT2D eigenvalue weighted by Crippen LogP contribution is 2.28. The summed E-state index contributed by atoms with van der Waals surface area (Å²) in [4.78, 5) is 26.7. The Morgan fingerprint density at radius 2 is 1.67 bits per heavy atom. The highest BCUT2D eigenvalue weighted by molar-refractivity contribution is 5.88. The molecule has 1 aliphatic heterocycles. The number of nitrogens with zero attached hydrogens (tertiary/aromatic N) is 1. The first kappa shape index (κ1) is 16.3. The highest BCUT2D eigenvalue weighted by atomic mass is 16.2. The highest BCUT2D eigenvalue weighted by Gasteiger charge is 2.33. The number of likely N-dealkylation sites (N-methyl/N-ethyl adjacent to an activating group) is 1. The fourth-order valence-corrected chi connectivity index (χ4v) is 3.54. The van der Waals surface area contributed by atoms with Crippen LogP contribution in [0.3, 0.4) is 0 Å². The Morgan fingerprint density at radius 3 is 2.29 bits per heavy atom. The van der Waals surface area contributed by atoms with Crippen molar-refractivity contribution in [2.45, 2.75) is 57.4 Å². The second-order valence-corrected chi connectivity index (χ2v) is 6.36. The molecule has 1 unspecified atom stereocenters. The molecule has 0 spiro atoms. The van der Waals surface area contributed by atoms with Crippen LogP contribution in [-0.2, 0) is 9.59 Å². The Hall–Kier alpha value is -1.10. The van der Waals surface area contributed by atoms with Gasteiger partial charge in [-0.2, -0.15) is 0 Å². The van der Waals surface area contributed by atoms with Crippen LogP contribution in [-0.4, -0.2) is 49.4 Å². The molecule has 2 amide bonds. The smallest absolute Gasteiger partial charge is 0.245 e. The average Bonchev–Trinajstić information content (AvgIpc) is 2.54. The molecule has 1 aliphatic carbocycles. The monoisotopic (exact) mass is 295 g/mol. The van der Waals surface area contributed by atoms with Gasteiger partial charge in [-0.25, -0.2) is 0 Å². The molecule has 2 aliphatic rings. The fraction of sp³-hybridized carbons (Fsp3) is 0.875. The Bertz CT molecular complexity index is 347. The molecule has 1 heterocycles. The van der Waals surface area contributed by atoms with Gasteiger partial charge in [0.25, 0.3) is 0 Å². The van der Waals surface area contributed by atoms with E-state index in [0.717, 1.165) is 38.8 Å². The molecule has 1 saturated heterocycles. The number of rotatable bonds is 5. The summed E-state index contributed by atoms with van der Waals surface area (Å²) >= 11 is 0. The van der Waals surface area contributed by atoms with Crippen molar-refractivity contribution in [2.75, 3.05) is 26.7 Å². The molecular formula is C16H29N3O2. The number of likely N-dealkylation sites (tertiary alicyclic amines) is 1. The minimum Gasteiger partial charge on any atom is -0.343 e. The van der Waals surface area contributed by atoms with E-state index in [4.69, 9.17) is 0 Å². The van der Waals surface area contributed by atoms with Gasteiger partial charge < -0.3 is 15.5 Å². The van der Waals surface area contributed by atoms with Crippen LogP contribution in [0.2, 0.25) is 0 Å². The predicted molar refractivity (Wildman–Crippen MR) is 82.9 cm³/mol. The van der Waals surface area contributed by atoms with E-state index in [-0.39, 0.29) is 24.4 Å². The minimum atomic E-state index is -0.316. The molecule has 120 valence electrons. The summed E-state index contributed by atoms with van der Waals surface area (Å²) in [5.74, 6) is 0.387. The third kappa shape index (κ3) is 4.70. The first-order chi connectivity index (χ1) is 10.2. The number of piperidine rings is 1. The average molecular weight is 295 g/mol. The maximum Gasteiger partial charge on any atom is 0.245 e. The van der Waals surface area contributed by atoms with Crippen LogP contribution < -0.4 is 10.6 Å². The Kier molecular flexibility index (Phi) is 6.49. The summed E-state index contributed by atoms with van der Waals surface area (Å²) in [5, 5.41) is 5.85. The van der Waals surface area contributed by atoms with Crippen molar-refractivity contribution < 1.29 is 9.59 Å². The summed E-state index contributed by atoms with van der Waals surface area (Å²) in [7, 11) is 1.75. The van der Waals surface area contributed by atoms with Crippen molar-refractivity contribution in [3.63, 3.8) is 0 Å². The lowest BCUT2D eigenvalue weighted by Crippen LogP contribution is -2.54. The number of carbonyl (C=O) groups excluding carboxylic acids is 2. The summed E-state index contributed by atoms with van der Waals surface area (Å²) in [6.07, 6.45) is 9.12. The number of nitrogens with one attached hydrogen (secondary N) is 2. The topological polar surface area (TPSA) is 61.4 Å². The minimum absolute atomic E-state index is 0.0709. The molecule has 1 saturated carbocycles. The van der Waals surface area contributed by atoms with E-state index >= 15 is 0 Å². The van der Waals surface area contributed by atoms with Crippen LogP contribution in [0.1, 0.15) is 51.4 Å². The van der Waals surface area contributed by atoms with Crippen molar-refractivity contribution in [2.24, 2.45) is 5.92 Å². The molecule has 5 nitrogen and oxygen atoms in total. The van der Waals surface area contributed by atoms with Gasteiger partial charge in [0, 0.05) is 13.1 Å². The molecule has 0 radical (unpaired) electrons. The van der Waals surface area contributed by atoms with Crippen LogP contribution in [0.4, 0.5) is 0 Å². The first-order valence-electron chi connectivity index (χ1n) is 8.45. The largest absolute Gasteiger partial charge is 0.343 e. The summed E-state index contributed by atoms with van der Waals surface area (Å²) < 4.78 is 0. The third-order valence-corrected chi connectivity index (χ3v) is 4.71. The van der Waals surface area contributed by atoms with Crippen LogP contribution in [0.15, 0.2) is 0 Å². The van der Waals surface area contributed by atoms with Crippen molar-refractivity contribution in [1.82, 2.24) is 15.5 Å². The van der Waals surface area contributed by atoms with Crippen LogP contribution >= 0.6 is 0 Å². The van der Waals surface area contributed by atoms with Crippen molar-refractivity contribution in [3.05, 3.63) is 0 Å². The van der Waals surface area contributed by atoms with Gasteiger partial charge in [-0.1, -0.05) is 19.3 Å². The summed E-state index contributed by atoms with van der Waals surface area (Å²) in [5.41, 5.74) is 0. The predicted octanol–water partition coefficient (Wildman–Crippen LogP) is 1.28. The standard InChI is InChI=1S/C16H29N3O2/c1-17-12-14(20)18-15(13-8-4-2-5-9-13)16(21)19-10-6-3-7-11-19/h13,15,17H,2-12H2,1H3,(H,18,20). The molecule has 0 aromatic rings. The lowest BCUT2D eigenvalue weighted by atomic mass is 9.83. The molecule has 2 rings (SSSR count). The number of hydrogen-bond donors (Lipinski definition) is 2. The zero-order chi connectivity index (χ0) is 15.1. The van der Waals surface area contributed by atoms with E-state index in [0.29, 0.717) is 5.92 Å². The molecule has 5 heteroatoms. The Morgan fingerprint density at radius 1 is 1.05 bits per heavy atom. The molecule has 21 heavy (non-hydrogen) atoms. The summed E-state index contributed by atoms with van der Waals surface area (Å²) in [6.45, 7) is 1.98. The van der Waals surface area contributed by atoms with E-state index < -0.39 is 0 Å². The normalized spacial score (nSPS) is 21.9. The van der Waals surface area contributed by atoms with E-state index in [1.54, 1.807) is 7.05 Å². The SMILES string of the molecule is CNCC(=O)NC(C(=O)N1CCCCC1)C1CCCCC1. The van der Waals surface area contributed by atoms with E-state index in [1.165, 1.54) is 25.7 Å². The first-order valence-corrected chi connectivity index (χ1v) is 8.45. The van der Waals surface area contributed by atoms with Gasteiger partial charge in [0.1, 0.15) is 6.04 Å². The molecule has 0 aromatic heterocycles. The molecule has 0 aromatic carbocycles. The lowest BCUT2D eigenvalue weighted by molar-refractivity contribution is -0.139. The van der Waals surface area contributed by atoms with Gasteiger partial charge in [0.15, 0.2) is 0 Å². The van der Waals surface area contributed by atoms with Crippen LogP contribution in [0, 0.1) is 5.92 Å².